The number of thiazole rings is 1. The molecule has 2 amide bonds. The number of rotatable bonds is 3. The number of halogens is 1. The largest absolute Gasteiger partial charge is 0.307 e. The molecule has 2 aromatic rings. The van der Waals surface area contributed by atoms with Crippen molar-refractivity contribution in [2.24, 2.45) is 34.7 Å². The van der Waals surface area contributed by atoms with Gasteiger partial charge in [0.15, 0.2) is 0 Å². The van der Waals surface area contributed by atoms with Crippen molar-refractivity contribution in [1.29, 1.82) is 0 Å². The van der Waals surface area contributed by atoms with Gasteiger partial charge in [0.25, 0.3) is 11.8 Å². The summed E-state index contributed by atoms with van der Waals surface area (Å²) < 4.78 is 0. The molecule has 9 heteroatoms. The topological polar surface area (TPSA) is 82.6 Å². The predicted octanol–water partition coefficient (Wildman–Crippen LogP) is 4.13. The van der Waals surface area contributed by atoms with Crippen LogP contribution < -0.4 is 4.87 Å². The van der Waals surface area contributed by atoms with Gasteiger partial charge < -0.3 is 4.98 Å². The molecular weight excluding hydrogens is 466 g/mol. The second kappa shape index (κ2) is 7.05. The van der Waals surface area contributed by atoms with Crippen molar-refractivity contribution in [3.8, 4) is 0 Å². The summed E-state index contributed by atoms with van der Waals surface area (Å²) in [6.45, 7) is 4.40. The first-order valence-electron chi connectivity index (χ1n) is 10.9. The lowest BCUT2D eigenvalue weighted by Crippen LogP contribution is -2.49. The molecule has 6 nitrogen and oxygen atoms in total. The molecule has 0 radical (unpaired) electrons. The molecule has 1 N–H and O–H groups in total. The number of H-pyrrole nitrogens is 1. The predicted molar refractivity (Wildman–Crippen MR) is 125 cm³/mol. The maximum Gasteiger partial charge on any atom is 0.305 e. The van der Waals surface area contributed by atoms with E-state index in [0.717, 1.165) is 33.3 Å². The second-order valence-electron chi connectivity index (χ2n) is 9.45. The molecule has 1 aromatic heterocycles. The van der Waals surface area contributed by atoms with Gasteiger partial charge in [-0.15, -0.1) is 11.8 Å². The van der Waals surface area contributed by atoms with E-state index < -0.39 is 0 Å². The zero-order valence-electron chi connectivity index (χ0n) is 17.6. The summed E-state index contributed by atoms with van der Waals surface area (Å²) in [6, 6.07) is 7.11. The summed E-state index contributed by atoms with van der Waals surface area (Å²) in [5.74, 6) is -0.414. The summed E-state index contributed by atoms with van der Waals surface area (Å²) in [7, 11) is 0. The van der Waals surface area contributed by atoms with Crippen molar-refractivity contribution in [2.45, 2.75) is 42.4 Å². The molecule has 166 valence electrons. The summed E-state index contributed by atoms with van der Waals surface area (Å²) in [4.78, 5) is 43.0. The number of fused-ring (bicyclic) bond motifs is 9. The van der Waals surface area contributed by atoms with E-state index in [1.165, 1.54) is 11.3 Å². The second-order valence-corrected chi connectivity index (χ2v) is 12.1. The number of carbonyl (C=O) groups is 2. The minimum absolute atomic E-state index is 0.0236. The van der Waals surface area contributed by atoms with Gasteiger partial charge in [-0.1, -0.05) is 48.9 Å². The molecule has 2 aliphatic heterocycles. The van der Waals surface area contributed by atoms with Gasteiger partial charge >= 0.3 is 4.87 Å². The molecule has 0 spiro atoms. The van der Waals surface area contributed by atoms with Gasteiger partial charge in [-0.05, 0) is 48.3 Å². The third-order valence-corrected chi connectivity index (χ3v) is 11.1. The fraction of sp³-hybridized carbons (Fsp3) is 0.478. The number of nitrogens with zero attached hydrogens (tertiary/aromatic N) is 2. The number of hydrogen-bond acceptors (Lipinski definition) is 6. The van der Waals surface area contributed by atoms with E-state index in [1.54, 1.807) is 42.2 Å². The lowest BCUT2D eigenvalue weighted by Gasteiger charge is -2.48. The number of carbonyl (C=O) groups excluding carboxylic acids is 2. The van der Waals surface area contributed by atoms with Gasteiger partial charge in [0.1, 0.15) is 0 Å². The van der Waals surface area contributed by atoms with E-state index in [-0.39, 0.29) is 56.9 Å². The minimum Gasteiger partial charge on any atom is -0.307 e. The number of amides is 2. The number of hydrazone groups is 1. The first-order valence-corrected chi connectivity index (χ1v) is 13.0. The first kappa shape index (κ1) is 20.7. The maximum atomic E-state index is 13.4. The average molecular weight is 488 g/mol. The molecule has 1 aromatic carbocycles. The molecule has 2 bridgehead atoms. The van der Waals surface area contributed by atoms with E-state index >= 15 is 0 Å². The monoisotopic (exact) mass is 487 g/mol. The Kier molecular flexibility index (Phi) is 4.56. The van der Waals surface area contributed by atoms with Crippen LogP contribution in [0.3, 0.4) is 0 Å². The Bertz CT molecular complexity index is 1220. The fourth-order valence-electron chi connectivity index (χ4n) is 6.66. The third kappa shape index (κ3) is 2.66. The van der Waals surface area contributed by atoms with Crippen molar-refractivity contribution in [2.75, 3.05) is 0 Å². The number of aromatic nitrogens is 1. The van der Waals surface area contributed by atoms with Crippen LogP contribution in [0.5, 0.6) is 0 Å². The number of aromatic amines is 1. The molecule has 1 saturated heterocycles. The van der Waals surface area contributed by atoms with Crippen LogP contribution >= 0.6 is 34.7 Å². The molecular formula is C23H22ClN3O3S2. The minimum atomic E-state index is -0.309. The normalized spacial score (nSPS) is 37.3. The number of nitrogens with one attached hydrogen (secondary N) is 1. The van der Waals surface area contributed by atoms with Gasteiger partial charge in [0.2, 0.25) is 0 Å². The number of imide groups is 1. The molecule has 4 aliphatic rings. The van der Waals surface area contributed by atoms with Crippen LogP contribution in [0.2, 0.25) is 5.02 Å². The van der Waals surface area contributed by atoms with Crippen LogP contribution in [0.4, 0.5) is 0 Å². The van der Waals surface area contributed by atoms with Crippen LogP contribution in [-0.4, -0.2) is 33.3 Å². The molecule has 2 saturated carbocycles. The van der Waals surface area contributed by atoms with Crippen LogP contribution in [-0.2, 0) is 15.0 Å². The molecule has 32 heavy (non-hydrogen) atoms. The lowest BCUT2D eigenvalue weighted by atomic mass is 9.62. The average Bonchev–Trinajstić information content (AvgIpc) is 3.50. The highest BCUT2D eigenvalue weighted by atomic mass is 35.5. The van der Waals surface area contributed by atoms with Crippen molar-refractivity contribution >= 4 is 52.7 Å². The van der Waals surface area contributed by atoms with Gasteiger partial charge in [0.05, 0.1) is 23.1 Å². The molecule has 2 aliphatic carbocycles. The maximum absolute atomic E-state index is 13.4. The van der Waals surface area contributed by atoms with E-state index in [0.29, 0.717) is 5.02 Å². The van der Waals surface area contributed by atoms with Gasteiger partial charge in [-0.3, -0.25) is 14.4 Å². The lowest BCUT2D eigenvalue weighted by molar-refractivity contribution is -0.140. The van der Waals surface area contributed by atoms with Crippen LogP contribution in [0.25, 0.3) is 0 Å². The standard InChI is InChI=1S/C23H22ClN3O3S2/c1-3-23(2)16-12-8-13(17(16)31-19-18(23)32-22(30)26-19)15-14(12)20(28)27(21(15)29)25-9-10-4-6-11(24)7-5-10/h4-7,9,12-17H,3,8H2,1-2H3,(H,26,30)/b25-9-/t12-,13-,14-,15-,16-,17-,23-/m0/s1. The molecule has 6 rings (SSSR count). The van der Waals surface area contributed by atoms with Crippen LogP contribution in [0, 0.1) is 29.6 Å². The van der Waals surface area contributed by atoms with Crippen LogP contribution in [0.1, 0.15) is 37.1 Å². The number of hydrogen-bond donors (Lipinski definition) is 1. The van der Waals surface area contributed by atoms with Gasteiger partial charge in [-0.25, -0.2) is 0 Å². The first-order chi connectivity index (χ1) is 15.3. The van der Waals surface area contributed by atoms with Gasteiger partial charge in [0, 0.05) is 20.6 Å². The van der Waals surface area contributed by atoms with E-state index in [1.807, 2.05) is 0 Å². The summed E-state index contributed by atoms with van der Waals surface area (Å²) in [5, 5.41) is 7.22. The van der Waals surface area contributed by atoms with Crippen molar-refractivity contribution in [1.82, 2.24) is 9.99 Å². The molecule has 3 fully saturated rings. The highest BCUT2D eigenvalue weighted by Gasteiger charge is 2.71. The molecule has 7 atom stereocenters. The summed E-state index contributed by atoms with van der Waals surface area (Å²) >= 11 is 8.95. The highest BCUT2D eigenvalue weighted by Crippen LogP contribution is 2.69. The van der Waals surface area contributed by atoms with Crippen molar-refractivity contribution in [3.05, 3.63) is 49.4 Å². The summed E-state index contributed by atoms with van der Waals surface area (Å²) in [6.07, 6.45) is 3.35. The Morgan fingerprint density at radius 3 is 2.56 bits per heavy atom. The zero-order chi connectivity index (χ0) is 22.4. The Morgan fingerprint density at radius 1 is 1.19 bits per heavy atom. The summed E-state index contributed by atoms with van der Waals surface area (Å²) in [5.41, 5.74) is 0.620. The van der Waals surface area contributed by atoms with Crippen LogP contribution in [0.15, 0.2) is 39.2 Å². The van der Waals surface area contributed by atoms with Gasteiger partial charge in [-0.2, -0.15) is 10.1 Å². The Balaban J connectivity index is 1.34. The number of thioether (sulfide) groups is 1. The zero-order valence-corrected chi connectivity index (χ0v) is 20.0. The quantitative estimate of drug-likeness (QED) is 0.521. The third-order valence-electron chi connectivity index (χ3n) is 8.13. The molecule has 3 heterocycles. The Hall–Kier alpha value is -1.90. The number of benzene rings is 1. The highest BCUT2D eigenvalue weighted by molar-refractivity contribution is 8.00. The van der Waals surface area contributed by atoms with Crippen molar-refractivity contribution < 1.29 is 9.59 Å². The van der Waals surface area contributed by atoms with E-state index in [9.17, 15) is 14.4 Å². The molecule has 0 unspecified atom stereocenters. The Morgan fingerprint density at radius 2 is 1.88 bits per heavy atom. The fourth-order valence-corrected chi connectivity index (χ4v) is 9.99. The van der Waals surface area contributed by atoms with E-state index in [2.05, 4.69) is 23.9 Å². The Labute approximate surface area is 198 Å². The van der Waals surface area contributed by atoms with E-state index in [4.69, 9.17) is 11.6 Å². The van der Waals surface area contributed by atoms with Crippen molar-refractivity contribution in [3.63, 3.8) is 0 Å². The smallest absolute Gasteiger partial charge is 0.305 e. The SMILES string of the molecule is CC[C@]1(C)c2sc(=O)[nH]c2S[C@H]2[C@H]3C[C@@H]([C@@H]4C(=O)N(/N=C\c5ccc(Cl)cc5)C(=O)[C@@H]34)[C@@H]21.